The van der Waals surface area contributed by atoms with Crippen LogP contribution in [-0.4, -0.2) is 23.4 Å². The van der Waals surface area contributed by atoms with E-state index >= 15 is 0 Å². The van der Waals surface area contributed by atoms with Gasteiger partial charge in [0.1, 0.15) is 12.4 Å². The first-order valence-corrected chi connectivity index (χ1v) is 8.17. The summed E-state index contributed by atoms with van der Waals surface area (Å²) in [5, 5.41) is 9.88. The summed E-state index contributed by atoms with van der Waals surface area (Å²) in [7, 11) is 0. The number of hydrogen-bond acceptors (Lipinski definition) is 3. The lowest BCUT2D eigenvalue weighted by Gasteiger charge is -2.24. The predicted molar refractivity (Wildman–Crippen MR) is 82.6 cm³/mol. The Balaban J connectivity index is 1.61. The summed E-state index contributed by atoms with van der Waals surface area (Å²) in [4.78, 5) is 0. The summed E-state index contributed by atoms with van der Waals surface area (Å²) in [6.45, 7) is 4.39. The van der Waals surface area contributed by atoms with Crippen LogP contribution in [0.15, 0.2) is 18.2 Å². The largest absolute Gasteiger partial charge is 0.490 e. The Morgan fingerprint density at radius 1 is 1.33 bits per heavy atom. The van der Waals surface area contributed by atoms with Crippen LogP contribution in [0.3, 0.4) is 0 Å². The third-order valence-corrected chi connectivity index (χ3v) is 4.89. The van der Waals surface area contributed by atoms with Crippen molar-refractivity contribution in [3.8, 4) is 5.75 Å². The van der Waals surface area contributed by atoms with E-state index in [4.69, 9.17) is 9.47 Å². The molecule has 116 valence electrons. The van der Waals surface area contributed by atoms with Gasteiger partial charge in [-0.2, -0.15) is 0 Å². The third kappa shape index (κ3) is 3.24. The van der Waals surface area contributed by atoms with Crippen LogP contribution in [0.2, 0.25) is 0 Å². The molecule has 1 saturated heterocycles. The summed E-state index contributed by atoms with van der Waals surface area (Å²) in [5.41, 5.74) is 2.16. The van der Waals surface area contributed by atoms with Crippen LogP contribution in [0.5, 0.6) is 5.75 Å². The van der Waals surface area contributed by atoms with E-state index in [0.717, 1.165) is 23.3 Å². The molecule has 1 saturated carbocycles. The van der Waals surface area contributed by atoms with Crippen LogP contribution < -0.4 is 4.74 Å². The molecular formula is C18H26O3. The van der Waals surface area contributed by atoms with Crippen molar-refractivity contribution in [1.82, 2.24) is 0 Å². The van der Waals surface area contributed by atoms with Gasteiger partial charge in [-0.3, -0.25) is 0 Å². The molecule has 1 N–H and O–H groups in total. The van der Waals surface area contributed by atoms with E-state index in [9.17, 15) is 5.11 Å². The van der Waals surface area contributed by atoms with Crippen LogP contribution in [0, 0.1) is 6.92 Å². The molecular weight excluding hydrogens is 264 g/mol. The van der Waals surface area contributed by atoms with E-state index in [-0.39, 0.29) is 11.7 Å². The van der Waals surface area contributed by atoms with Gasteiger partial charge in [0.25, 0.3) is 0 Å². The first-order chi connectivity index (χ1) is 10.1. The average Bonchev–Trinajstić information content (AvgIpc) is 3.08. The normalized spacial score (nSPS) is 25.4. The Hall–Kier alpha value is -1.06. The maximum absolute atomic E-state index is 9.88. The highest BCUT2D eigenvalue weighted by atomic mass is 16.6. The fourth-order valence-corrected chi connectivity index (χ4v) is 3.71. The SMILES string of the molecule is Cc1ccc(OCC2CCC3(CCCC3)O2)c([C@H](C)O)c1. The van der Waals surface area contributed by atoms with Crippen LogP contribution in [0.4, 0.5) is 0 Å². The van der Waals surface area contributed by atoms with Gasteiger partial charge in [-0.25, -0.2) is 0 Å². The topological polar surface area (TPSA) is 38.7 Å². The lowest BCUT2D eigenvalue weighted by atomic mass is 9.98. The van der Waals surface area contributed by atoms with E-state index < -0.39 is 6.10 Å². The molecule has 0 radical (unpaired) electrons. The van der Waals surface area contributed by atoms with Gasteiger partial charge in [-0.1, -0.05) is 24.5 Å². The molecule has 2 aliphatic rings. The molecule has 21 heavy (non-hydrogen) atoms. The number of aryl methyl sites for hydroxylation is 1. The Morgan fingerprint density at radius 3 is 2.81 bits per heavy atom. The standard InChI is InChI=1S/C18H26O3/c1-13-5-6-17(16(11-13)14(2)19)20-12-15-7-10-18(21-15)8-3-4-9-18/h5-6,11,14-15,19H,3-4,7-10,12H2,1-2H3/t14-,15?/m0/s1. The molecule has 2 fully saturated rings. The van der Waals surface area contributed by atoms with Crippen LogP contribution >= 0.6 is 0 Å². The van der Waals surface area contributed by atoms with E-state index in [0.29, 0.717) is 6.61 Å². The molecule has 0 aromatic heterocycles. The Kier molecular flexibility index (Phi) is 4.23. The van der Waals surface area contributed by atoms with E-state index in [1.807, 2.05) is 25.1 Å². The quantitative estimate of drug-likeness (QED) is 0.913. The van der Waals surface area contributed by atoms with Crippen molar-refractivity contribution in [3.05, 3.63) is 29.3 Å². The molecule has 1 aliphatic carbocycles. The molecule has 1 aliphatic heterocycles. The van der Waals surface area contributed by atoms with Crippen molar-refractivity contribution in [2.45, 2.75) is 70.2 Å². The zero-order chi connectivity index (χ0) is 14.9. The van der Waals surface area contributed by atoms with Crippen molar-refractivity contribution < 1.29 is 14.6 Å². The van der Waals surface area contributed by atoms with Gasteiger partial charge >= 0.3 is 0 Å². The van der Waals surface area contributed by atoms with E-state index in [2.05, 4.69) is 0 Å². The molecule has 1 aromatic rings. The Labute approximate surface area is 127 Å². The van der Waals surface area contributed by atoms with Crippen molar-refractivity contribution in [2.75, 3.05) is 6.61 Å². The third-order valence-electron chi connectivity index (χ3n) is 4.89. The second-order valence-corrected chi connectivity index (χ2v) is 6.70. The van der Waals surface area contributed by atoms with Gasteiger partial charge in [0, 0.05) is 5.56 Å². The lowest BCUT2D eigenvalue weighted by Crippen LogP contribution is -2.27. The predicted octanol–water partition coefficient (Wildman–Crippen LogP) is 3.92. The smallest absolute Gasteiger partial charge is 0.125 e. The minimum absolute atomic E-state index is 0.161. The number of rotatable bonds is 4. The van der Waals surface area contributed by atoms with Gasteiger partial charge < -0.3 is 14.6 Å². The maximum Gasteiger partial charge on any atom is 0.125 e. The van der Waals surface area contributed by atoms with Crippen LogP contribution in [-0.2, 0) is 4.74 Å². The highest BCUT2D eigenvalue weighted by Crippen LogP contribution is 2.43. The summed E-state index contributed by atoms with van der Waals surface area (Å²) in [6.07, 6.45) is 7.00. The molecule has 3 nitrogen and oxygen atoms in total. The van der Waals surface area contributed by atoms with Crippen LogP contribution in [0.1, 0.15) is 62.7 Å². The number of ether oxygens (including phenoxy) is 2. The monoisotopic (exact) mass is 290 g/mol. The van der Waals surface area contributed by atoms with Crippen molar-refractivity contribution in [3.63, 3.8) is 0 Å². The summed E-state index contributed by atoms with van der Waals surface area (Å²) in [5.74, 6) is 0.784. The van der Waals surface area contributed by atoms with E-state index in [1.54, 1.807) is 6.92 Å². The Bertz CT molecular complexity index is 489. The van der Waals surface area contributed by atoms with Gasteiger partial charge in [-0.15, -0.1) is 0 Å². The van der Waals surface area contributed by atoms with E-state index in [1.165, 1.54) is 32.1 Å². The number of aliphatic hydroxyl groups excluding tert-OH is 1. The highest BCUT2D eigenvalue weighted by molar-refractivity contribution is 5.38. The number of aliphatic hydroxyl groups is 1. The molecule has 3 rings (SSSR count). The highest BCUT2D eigenvalue weighted by Gasteiger charge is 2.42. The zero-order valence-corrected chi connectivity index (χ0v) is 13.1. The fraction of sp³-hybridized carbons (Fsp3) is 0.667. The molecule has 0 amide bonds. The number of hydrogen-bond donors (Lipinski definition) is 1. The molecule has 1 heterocycles. The average molecular weight is 290 g/mol. The second-order valence-electron chi connectivity index (χ2n) is 6.70. The first-order valence-electron chi connectivity index (χ1n) is 8.17. The molecule has 1 unspecified atom stereocenters. The molecule has 0 bridgehead atoms. The van der Waals surface area contributed by atoms with Crippen LogP contribution in [0.25, 0.3) is 0 Å². The molecule has 1 spiro atoms. The summed E-state index contributed by atoms with van der Waals surface area (Å²) < 4.78 is 12.2. The van der Waals surface area contributed by atoms with Gasteiger partial charge in [0.2, 0.25) is 0 Å². The van der Waals surface area contributed by atoms with Gasteiger partial charge in [-0.05, 0) is 51.7 Å². The second kappa shape index (κ2) is 5.98. The van der Waals surface area contributed by atoms with Gasteiger partial charge in [0.15, 0.2) is 0 Å². The minimum atomic E-state index is -0.509. The zero-order valence-electron chi connectivity index (χ0n) is 13.1. The first kappa shape index (κ1) is 14.9. The van der Waals surface area contributed by atoms with Crippen molar-refractivity contribution in [1.29, 1.82) is 0 Å². The maximum atomic E-state index is 9.88. The number of benzene rings is 1. The summed E-state index contributed by atoms with van der Waals surface area (Å²) >= 11 is 0. The van der Waals surface area contributed by atoms with Gasteiger partial charge in [0.05, 0.1) is 17.8 Å². The van der Waals surface area contributed by atoms with Crippen molar-refractivity contribution >= 4 is 0 Å². The van der Waals surface area contributed by atoms with Crippen molar-refractivity contribution in [2.24, 2.45) is 0 Å². The fourth-order valence-electron chi connectivity index (χ4n) is 3.71. The molecule has 3 heteroatoms. The Morgan fingerprint density at radius 2 is 2.10 bits per heavy atom. The minimum Gasteiger partial charge on any atom is -0.490 e. The molecule has 1 aromatic carbocycles. The summed E-state index contributed by atoms with van der Waals surface area (Å²) in [6, 6.07) is 5.97. The molecule has 2 atom stereocenters. The lowest BCUT2D eigenvalue weighted by molar-refractivity contribution is -0.0511.